The van der Waals surface area contributed by atoms with Crippen molar-refractivity contribution in [3.63, 3.8) is 0 Å². The molecule has 0 aromatic heterocycles. The Bertz CT molecular complexity index is 361. The number of benzene rings is 1. The molecule has 1 unspecified atom stereocenters. The maximum absolute atomic E-state index is 5.92. The Balaban J connectivity index is 2.32. The number of rotatable bonds is 5. The summed E-state index contributed by atoms with van der Waals surface area (Å²) < 4.78 is 11.3. The summed E-state index contributed by atoms with van der Waals surface area (Å²) in [7, 11) is 1.67. The minimum absolute atomic E-state index is 0.295. The lowest BCUT2D eigenvalue weighted by molar-refractivity contribution is 0.277. The molecule has 1 aliphatic rings. The normalized spacial score (nSPS) is 16.9. The highest BCUT2D eigenvalue weighted by molar-refractivity contribution is 5.48. The second kappa shape index (κ2) is 4.74. The van der Waals surface area contributed by atoms with Gasteiger partial charge in [-0.2, -0.15) is 0 Å². The molecule has 1 fully saturated rings. The van der Waals surface area contributed by atoms with Gasteiger partial charge in [-0.1, -0.05) is 19.1 Å². The second-order valence-corrected chi connectivity index (χ2v) is 4.33. The molecule has 2 rings (SSSR count). The monoisotopic (exact) mass is 221 g/mol. The fourth-order valence-corrected chi connectivity index (χ4v) is 1.69. The van der Waals surface area contributed by atoms with Crippen LogP contribution >= 0.6 is 0 Å². The molecule has 16 heavy (non-hydrogen) atoms. The quantitative estimate of drug-likeness (QED) is 0.829. The highest BCUT2D eigenvalue weighted by Gasteiger charge is 2.27. The number of nitrogens with two attached hydrogens (primary N) is 1. The zero-order valence-corrected chi connectivity index (χ0v) is 9.90. The minimum Gasteiger partial charge on any atom is -0.493 e. The van der Waals surface area contributed by atoms with E-state index in [0.717, 1.165) is 29.9 Å². The van der Waals surface area contributed by atoms with Gasteiger partial charge < -0.3 is 15.2 Å². The highest BCUT2D eigenvalue weighted by Crippen LogP contribution is 2.39. The lowest BCUT2D eigenvalue weighted by Gasteiger charge is -2.18. The van der Waals surface area contributed by atoms with E-state index in [1.807, 2.05) is 12.1 Å². The summed E-state index contributed by atoms with van der Waals surface area (Å²) in [6.45, 7) is 2.72. The van der Waals surface area contributed by atoms with Crippen molar-refractivity contribution in [1.82, 2.24) is 0 Å². The average Bonchev–Trinajstić information content (AvgIpc) is 3.12. The number of para-hydroxylation sites is 1. The molecule has 0 heterocycles. The molecule has 0 spiro atoms. The lowest BCUT2D eigenvalue weighted by Crippen LogP contribution is -2.11. The molecule has 0 amide bonds. The van der Waals surface area contributed by atoms with Gasteiger partial charge in [0.2, 0.25) is 0 Å². The molecule has 0 saturated heterocycles. The van der Waals surface area contributed by atoms with Gasteiger partial charge in [-0.05, 0) is 31.4 Å². The van der Waals surface area contributed by atoms with E-state index in [0.29, 0.717) is 18.6 Å². The van der Waals surface area contributed by atoms with Gasteiger partial charge in [0.25, 0.3) is 0 Å². The van der Waals surface area contributed by atoms with Crippen LogP contribution in [0, 0.1) is 0 Å². The molecular weight excluding hydrogens is 202 g/mol. The summed E-state index contributed by atoms with van der Waals surface area (Å²) in [4.78, 5) is 0. The van der Waals surface area contributed by atoms with Crippen molar-refractivity contribution in [2.75, 3.05) is 13.7 Å². The maximum Gasteiger partial charge on any atom is 0.165 e. The van der Waals surface area contributed by atoms with E-state index >= 15 is 0 Å². The molecule has 1 aromatic carbocycles. The van der Waals surface area contributed by atoms with Gasteiger partial charge >= 0.3 is 0 Å². The predicted octanol–water partition coefficient (Wildman–Crippen LogP) is 2.30. The molecule has 2 N–H and O–H groups in total. The van der Waals surface area contributed by atoms with Gasteiger partial charge in [-0.15, -0.1) is 0 Å². The molecular formula is C13H19NO2. The van der Waals surface area contributed by atoms with Gasteiger partial charge in [0.1, 0.15) is 0 Å². The molecule has 1 atom stereocenters. The van der Waals surface area contributed by atoms with Crippen molar-refractivity contribution in [3.05, 3.63) is 23.8 Å². The van der Waals surface area contributed by atoms with Crippen LogP contribution in [0.4, 0.5) is 0 Å². The predicted molar refractivity (Wildman–Crippen MR) is 64.1 cm³/mol. The van der Waals surface area contributed by atoms with Gasteiger partial charge in [0.15, 0.2) is 11.5 Å². The van der Waals surface area contributed by atoms with Crippen LogP contribution in [0.2, 0.25) is 0 Å². The summed E-state index contributed by atoms with van der Waals surface area (Å²) in [6, 6.07) is 5.99. The number of methoxy groups -OCH3 is 1. The van der Waals surface area contributed by atoms with Crippen LogP contribution in [-0.2, 0) is 0 Å². The van der Waals surface area contributed by atoms with Crippen LogP contribution in [-0.4, -0.2) is 19.8 Å². The summed E-state index contributed by atoms with van der Waals surface area (Å²) in [6.07, 6.45) is 2.67. The van der Waals surface area contributed by atoms with Crippen molar-refractivity contribution in [2.24, 2.45) is 5.73 Å². The first-order valence-corrected chi connectivity index (χ1v) is 5.80. The Hall–Kier alpha value is -1.22. The number of hydrogen-bond acceptors (Lipinski definition) is 3. The van der Waals surface area contributed by atoms with Crippen LogP contribution in [0.5, 0.6) is 11.5 Å². The van der Waals surface area contributed by atoms with Gasteiger partial charge in [-0.3, -0.25) is 0 Å². The maximum atomic E-state index is 5.92. The van der Waals surface area contributed by atoms with Gasteiger partial charge in [0.05, 0.1) is 13.2 Å². The molecule has 1 aliphatic carbocycles. The van der Waals surface area contributed by atoms with Crippen molar-refractivity contribution in [1.29, 1.82) is 0 Å². The first-order valence-electron chi connectivity index (χ1n) is 5.80. The van der Waals surface area contributed by atoms with Crippen LogP contribution in [0.3, 0.4) is 0 Å². The van der Waals surface area contributed by atoms with Crippen LogP contribution < -0.4 is 15.2 Å². The topological polar surface area (TPSA) is 44.5 Å². The van der Waals surface area contributed by atoms with Gasteiger partial charge in [-0.25, -0.2) is 0 Å². The summed E-state index contributed by atoms with van der Waals surface area (Å²) in [5.74, 6) is 1.99. The molecule has 3 heteroatoms. The van der Waals surface area contributed by atoms with Crippen molar-refractivity contribution in [3.8, 4) is 11.5 Å². The summed E-state index contributed by atoms with van der Waals surface area (Å²) >= 11 is 0. The van der Waals surface area contributed by atoms with Crippen molar-refractivity contribution in [2.45, 2.75) is 31.8 Å². The fourth-order valence-electron chi connectivity index (χ4n) is 1.69. The van der Waals surface area contributed by atoms with E-state index in [2.05, 4.69) is 13.0 Å². The zero-order valence-electron chi connectivity index (χ0n) is 9.90. The lowest BCUT2D eigenvalue weighted by atomic mass is 10.00. The third-order valence-corrected chi connectivity index (χ3v) is 2.92. The smallest absolute Gasteiger partial charge is 0.165 e. The van der Waals surface area contributed by atoms with E-state index in [-0.39, 0.29) is 0 Å². The Kier molecular flexibility index (Phi) is 3.34. The van der Waals surface area contributed by atoms with E-state index in [1.165, 1.54) is 0 Å². The Morgan fingerprint density at radius 1 is 1.44 bits per heavy atom. The molecule has 3 nitrogen and oxygen atoms in total. The molecule has 0 aliphatic heterocycles. The highest BCUT2D eigenvalue weighted by atomic mass is 16.5. The summed E-state index contributed by atoms with van der Waals surface area (Å²) in [5, 5.41) is 0. The Morgan fingerprint density at radius 3 is 2.75 bits per heavy atom. The SMILES string of the molecule is COc1cccc(C(C)CN)c1OC1CC1. The molecule has 0 bridgehead atoms. The van der Waals surface area contributed by atoms with Crippen LogP contribution in [0.1, 0.15) is 31.2 Å². The van der Waals surface area contributed by atoms with Crippen molar-refractivity contribution >= 4 is 0 Å². The number of ether oxygens (including phenoxy) is 2. The minimum atomic E-state index is 0.295. The molecule has 88 valence electrons. The summed E-state index contributed by atoms with van der Waals surface area (Å²) in [5.41, 5.74) is 6.86. The van der Waals surface area contributed by atoms with Crippen molar-refractivity contribution < 1.29 is 9.47 Å². The first-order chi connectivity index (χ1) is 7.76. The average molecular weight is 221 g/mol. The second-order valence-electron chi connectivity index (χ2n) is 4.33. The first kappa shape index (κ1) is 11.3. The largest absolute Gasteiger partial charge is 0.493 e. The Morgan fingerprint density at radius 2 is 2.19 bits per heavy atom. The van der Waals surface area contributed by atoms with Crippen LogP contribution in [0.25, 0.3) is 0 Å². The van der Waals surface area contributed by atoms with E-state index in [1.54, 1.807) is 7.11 Å². The molecule has 1 saturated carbocycles. The third kappa shape index (κ3) is 2.30. The number of hydrogen-bond donors (Lipinski definition) is 1. The molecule has 1 aromatic rings. The molecule has 0 radical (unpaired) electrons. The van der Waals surface area contributed by atoms with Gasteiger partial charge in [0, 0.05) is 5.56 Å². The van der Waals surface area contributed by atoms with E-state index in [9.17, 15) is 0 Å². The Labute approximate surface area is 96.5 Å². The van der Waals surface area contributed by atoms with E-state index < -0.39 is 0 Å². The standard InChI is InChI=1S/C13H19NO2/c1-9(8-14)11-4-3-5-12(15-2)13(11)16-10-6-7-10/h3-5,9-10H,6-8,14H2,1-2H3. The fraction of sp³-hybridized carbons (Fsp3) is 0.538. The van der Waals surface area contributed by atoms with Crippen LogP contribution in [0.15, 0.2) is 18.2 Å². The van der Waals surface area contributed by atoms with E-state index in [4.69, 9.17) is 15.2 Å². The zero-order chi connectivity index (χ0) is 11.5. The third-order valence-electron chi connectivity index (χ3n) is 2.92.